The standard InChI is InChI=1S/C27H20O11/c28-18-10-20-16(8-12(18)4-6-22(30)31)25(24-14(26(34)35)2-1-3-15(24)27(36)37)17-9-13(5-7-23(32)33)19(29)11-21(17)38-20/h1-3,8-11,28H,4-7H2,(H,30,31)(H,32,33)(H,34,35)(H,36,37). The van der Waals surface area contributed by atoms with Crippen LogP contribution in [0.1, 0.15) is 44.7 Å². The largest absolute Gasteiger partial charge is 0.508 e. The van der Waals surface area contributed by atoms with Crippen LogP contribution in [0.15, 0.2) is 51.7 Å². The Morgan fingerprint density at radius 3 is 1.87 bits per heavy atom. The lowest BCUT2D eigenvalue weighted by Crippen LogP contribution is -2.12. The van der Waals surface area contributed by atoms with Gasteiger partial charge in [-0.2, -0.15) is 0 Å². The molecule has 1 aliphatic carbocycles. The predicted octanol–water partition coefficient (Wildman–Crippen LogP) is 3.70. The summed E-state index contributed by atoms with van der Waals surface area (Å²) in [6.45, 7) is 0. The summed E-state index contributed by atoms with van der Waals surface area (Å²) in [7, 11) is 0. The van der Waals surface area contributed by atoms with Crippen molar-refractivity contribution in [3.8, 4) is 28.2 Å². The van der Waals surface area contributed by atoms with E-state index in [2.05, 4.69) is 0 Å². The number of carboxylic acid groups (broad SMARTS) is 4. The van der Waals surface area contributed by atoms with Gasteiger partial charge in [0.25, 0.3) is 0 Å². The molecule has 0 unspecified atom stereocenters. The lowest BCUT2D eigenvalue weighted by atomic mass is 9.86. The monoisotopic (exact) mass is 520 g/mol. The molecule has 0 atom stereocenters. The molecule has 2 aromatic rings. The van der Waals surface area contributed by atoms with Crippen molar-refractivity contribution in [2.75, 3.05) is 0 Å². The van der Waals surface area contributed by atoms with Crippen LogP contribution in [0.2, 0.25) is 0 Å². The van der Waals surface area contributed by atoms with E-state index in [0.717, 1.165) is 6.07 Å². The van der Waals surface area contributed by atoms with E-state index in [0.29, 0.717) is 0 Å². The van der Waals surface area contributed by atoms with Gasteiger partial charge in [0.2, 0.25) is 0 Å². The van der Waals surface area contributed by atoms with E-state index in [1.54, 1.807) is 0 Å². The number of fused-ring (bicyclic) bond motifs is 2. The van der Waals surface area contributed by atoms with Gasteiger partial charge >= 0.3 is 23.9 Å². The number of phenolic OH excluding ortho intramolecular Hbond substituents is 1. The van der Waals surface area contributed by atoms with Gasteiger partial charge < -0.3 is 29.9 Å². The summed E-state index contributed by atoms with van der Waals surface area (Å²) >= 11 is 0. The molecule has 194 valence electrons. The molecule has 0 aromatic heterocycles. The number of carbonyl (C=O) groups is 4. The second kappa shape index (κ2) is 10.1. The second-order valence-electron chi connectivity index (χ2n) is 8.54. The van der Waals surface area contributed by atoms with Crippen LogP contribution < -0.4 is 5.43 Å². The summed E-state index contributed by atoms with van der Waals surface area (Å²) < 4.78 is 5.84. The van der Waals surface area contributed by atoms with Crippen molar-refractivity contribution < 1.29 is 49.1 Å². The van der Waals surface area contributed by atoms with Crippen LogP contribution in [0.25, 0.3) is 33.4 Å². The van der Waals surface area contributed by atoms with E-state index in [1.165, 1.54) is 36.4 Å². The number of aliphatic carboxylic acids is 2. The molecule has 2 aromatic carbocycles. The molecule has 0 saturated carbocycles. The molecule has 0 spiro atoms. The van der Waals surface area contributed by atoms with Gasteiger partial charge in [0.1, 0.15) is 17.1 Å². The van der Waals surface area contributed by atoms with Crippen LogP contribution >= 0.6 is 0 Å². The maximum absolute atomic E-state index is 12.7. The SMILES string of the molecule is O=C(O)CCc1cc2c(-c3c(C(=O)O)cccc3C(=O)O)c3cc(CCC(=O)O)c(=O)cc-3oc2cc1O. The van der Waals surface area contributed by atoms with Crippen LogP contribution in [0, 0.1) is 0 Å². The molecule has 0 bridgehead atoms. The first-order valence-corrected chi connectivity index (χ1v) is 11.3. The number of hydrogen-bond acceptors (Lipinski definition) is 7. The van der Waals surface area contributed by atoms with Gasteiger partial charge in [-0.3, -0.25) is 14.4 Å². The summed E-state index contributed by atoms with van der Waals surface area (Å²) in [6, 6.07) is 8.70. The lowest BCUT2D eigenvalue weighted by Gasteiger charge is -2.20. The topological polar surface area (TPSA) is 200 Å². The molecular weight excluding hydrogens is 500 g/mol. The van der Waals surface area contributed by atoms with Crippen LogP contribution in [-0.4, -0.2) is 49.4 Å². The van der Waals surface area contributed by atoms with Gasteiger partial charge in [-0.1, -0.05) is 6.07 Å². The molecule has 4 rings (SSSR count). The third kappa shape index (κ3) is 4.89. The molecule has 2 aliphatic rings. The Morgan fingerprint density at radius 1 is 0.737 bits per heavy atom. The van der Waals surface area contributed by atoms with Gasteiger partial charge in [-0.25, -0.2) is 9.59 Å². The zero-order valence-electron chi connectivity index (χ0n) is 19.6. The van der Waals surface area contributed by atoms with Gasteiger partial charge in [0.15, 0.2) is 5.43 Å². The quantitative estimate of drug-likeness (QED) is 0.202. The first kappa shape index (κ1) is 25.9. The van der Waals surface area contributed by atoms with Gasteiger partial charge in [-0.15, -0.1) is 0 Å². The fourth-order valence-corrected chi connectivity index (χ4v) is 4.37. The maximum Gasteiger partial charge on any atom is 0.336 e. The molecule has 1 aliphatic heterocycles. The molecule has 1 heterocycles. The fourth-order valence-electron chi connectivity index (χ4n) is 4.37. The predicted molar refractivity (Wildman–Crippen MR) is 132 cm³/mol. The van der Waals surface area contributed by atoms with E-state index in [1.807, 2.05) is 0 Å². The highest BCUT2D eigenvalue weighted by Gasteiger charge is 2.28. The van der Waals surface area contributed by atoms with Crippen LogP contribution in [0.5, 0.6) is 5.75 Å². The lowest BCUT2D eigenvalue weighted by molar-refractivity contribution is -0.138. The van der Waals surface area contributed by atoms with Crippen molar-refractivity contribution in [1.82, 2.24) is 0 Å². The first-order chi connectivity index (χ1) is 18.0. The summed E-state index contributed by atoms with van der Waals surface area (Å²) in [5.74, 6) is -5.48. The highest BCUT2D eigenvalue weighted by atomic mass is 16.4. The van der Waals surface area contributed by atoms with Crippen LogP contribution in [0.4, 0.5) is 0 Å². The number of carboxylic acids is 4. The maximum atomic E-state index is 12.7. The fraction of sp³-hybridized carbons (Fsp3) is 0.148. The number of benzene rings is 3. The van der Waals surface area contributed by atoms with Crippen LogP contribution in [0.3, 0.4) is 0 Å². The molecule has 5 N–H and O–H groups in total. The molecule has 0 saturated heterocycles. The summed E-state index contributed by atoms with van der Waals surface area (Å²) in [6.07, 6.45) is -0.929. The highest BCUT2D eigenvalue weighted by molar-refractivity contribution is 6.13. The number of rotatable bonds is 9. The van der Waals surface area contributed by atoms with Crippen molar-refractivity contribution in [3.63, 3.8) is 0 Å². The summed E-state index contributed by atoms with van der Waals surface area (Å²) in [5, 5.41) is 48.7. The Bertz CT molecular complexity index is 1630. The minimum Gasteiger partial charge on any atom is -0.508 e. The number of aryl methyl sites for hydroxylation is 2. The van der Waals surface area contributed by atoms with Gasteiger partial charge in [0, 0.05) is 52.6 Å². The number of phenols is 1. The van der Waals surface area contributed by atoms with Crippen molar-refractivity contribution in [3.05, 3.63) is 74.9 Å². The van der Waals surface area contributed by atoms with E-state index in [-0.39, 0.29) is 87.1 Å². The van der Waals surface area contributed by atoms with E-state index < -0.39 is 29.3 Å². The third-order valence-electron chi connectivity index (χ3n) is 6.09. The van der Waals surface area contributed by atoms with Crippen molar-refractivity contribution in [1.29, 1.82) is 0 Å². The summed E-state index contributed by atoms with van der Waals surface area (Å²) in [5.41, 5.74) is -1.01. The Hall–Kier alpha value is -5.19. The molecule has 11 heteroatoms. The van der Waals surface area contributed by atoms with E-state index in [9.17, 15) is 39.3 Å². The molecular formula is C27H20O11. The van der Waals surface area contributed by atoms with Crippen molar-refractivity contribution in [2.24, 2.45) is 0 Å². The highest BCUT2D eigenvalue weighted by Crippen LogP contribution is 2.44. The minimum absolute atomic E-state index is 0.0155. The van der Waals surface area contributed by atoms with Crippen molar-refractivity contribution in [2.45, 2.75) is 25.7 Å². The molecule has 11 nitrogen and oxygen atoms in total. The zero-order chi connectivity index (χ0) is 27.7. The van der Waals surface area contributed by atoms with Crippen LogP contribution in [-0.2, 0) is 22.4 Å². The molecule has 0 radical (unpaired) electrons. The Morgan fingerprint density at radius 2 is 1.32 bits per heavy atom. The van der Waals surface area contributed by atoms with Gasteiger partial charge in [0.05, 0.1) is 11.1 Å². The molecule has 0 fully saturated rings. The molecule has 38 heavy (non-hydrogen) atoms. The second-order valence-corrected chi connectivity index (χ2v) is 8.54. The Labute approximate surface area is 213 Å². The zero-order valence-corrected chi connectivity index (χ0v) is 19.6. The first-order valence-electron chi connectivity index (χ1n) is 11.3. The average molecular weight is 520 g/mol. The normalized spacial score (nSPS) is 11.1. The number of hydrogen-bond donors (Lipinski definition) is 5. The third-order valence-corrected chi connectivity index (χ3v) is 6.09. The minimum atomic E-state index is -1.43. The number of aromatic hydroxyl groups is 1. The van der Waals surface area contributed by atoms with E-state index in [4.69, 9.17) is 14.6 Å². The van der Waals surface area contributed by atoms with Crippen molar-refractivity contribution >= 4 is 34.8 Å². The van der Waals surface area contributed by atoms with Gasteiger partial charge in [-0.05, 0) is 42.7 Å². The Balaban J connectivity index is 2.19. The Kier molecular flexibility index (Phi) is 6.85. The summed E-state index contributed by atoms with van der Waals surface area (Å²) in [4.78, 5) is 59.3. The van der Waals surface area contributed by atoms with E-state index >= 15 is 0 Å². The smallest absolute Gasteiger partial charge is 0.336 e. The molecule has 0 amide bonds. The average Bonchev–Trinajstić information content (AvgIpc) is 2.84. The number of aromatic carboxylic acids is 2.